The maximum Gasteiger partial charge on any atom is 0.325 e. The summed E-state index contributed by atoms with van der Waals surface area (Å²) >= 11 is 0. The Bertz CT molecular complexity index is 1710. The minimum atomic E-state index is -3.93. The number of nitrogens with zero attached hydrogens (tertiary/aromatic N) is 5. The second-order valence-electron chi connectivity index (χ2n) is 11.9. The summed E-state index contributed by atoms with van der Waals surface area (Å²) in [5.41, 5.74) is 5.41. The lowest BCUT2D eigenvalue weighted by Crippen LogP contribution is -2.05. The van der Waals surface area contributed by atoms with Crippen LogP contribution in [0.4, 0.5) is 0 Å². The van der Waals surface area contributed by atoms with Gasteiger partial charge in [0.15, 0.2) is 11.6 Å². The number of pyridine rings is 1. The molecule has 0 unspecified atom stereocenters. The second kappa shape index (κ2) is 15.6. The first-order valence-electron chi connectivity index (χ1n) is 16.1. The molecule has 2 aromatic carbocycles. The maximum atomic E-state index is 11.1. The normalized spacial score (nSPS) is 12.4. The smallest absolute Gasteiger partial charge is 0.324 e. The Balaban J connectivity index is 1.32. The molecule has 13 heteroatoms. The summed E-state index contributed by atoms with van der Waals surface area (Å²) < 4.78 is 26.7. The van der Waals surface area contributed by atoms with Gasteiger partial charge < -0.3 is 28.7 Å². The van der Waals surface area contributed by atoms with Crippen molar-refractivity contribution >= 4 is 37.3 Å². The van der Waals surface area contributed by atoms with Crippen LogP contribution in [0.3, 0.4) is 0 Å². The number of hydrogen-bond acceptors (Lipinski definition) is 5. The molecule has 0 saturated carbocycles. The predicted octanol–water partition coefficient (Wildman–Crippen LogP) is 7.37. The molecule has 246 valence electrons. The number of aryl methyl sites for hydroxylation is 2. The molecule has 0 bridgehead atoms. The number of imidazole rings is 2. The minimum absolute atomic E-state index is 0.0546. The number of para-hydroxylation sites is 4. The fourth-order valence-corrected chi connectivity index (χ4v) is 7.19. The molecule has 0 aliphatic rings. The third kappa shape index (κ3) is 9.44. The first-order valence-corrected chi connectivity index (χ1v) is 19.7. The van der Waals surface area contributed by atoms with E-state index in [2.05, 4.69) is 21.3 Å². The van der Waals surface area contributed by atoms with Gasteiger partial charge in [0.2, 0.25) is 0 Å². The zero-order valence-corrected chi connectivity index (χ0v) is 27.8. The van der Waals surface area contributed by atoms with Gasteiger partial charge in [-0.3, -0.25) is 9.13 Å². The van der Waals surface area contributed by atoms with E-state index >= 15 is 0 Å². The largest absolute Gasteiger partial charge is 0.325 e. The maximum absolute atomic E-state index is 11.1. The Morgan fingerprint density at radius 1 is 0.478 bits per heavy atom. The molecule has 0 saturated heterocycles. The van der Waals surface area contributed by atoms with Crippen LogP contribution in [0.2, 0.25) is 0 Å². The highest BCUT2D eigenvalue weighted by molar-refractivity contribution is 7.52. The number of unbranched alkanes of at least 4 members (excludes halogenated alkanes) is 8. The van der Waals surface area contributed by atoms with Crippen molar-refractivity contribution in [2.45, 2.75) is 77.3 Å². The highest BCUT2D eigenvalue weighted by Crippen LogP contribution is 2.36. The molecule has 4 N–H and O–H groups in total. The zero-order valence-electron chi connectivity index (χ0n) is 26.0. The van der Waals surface area contributed by atoms with E-state index in [0.717, 1.165) is 110 Å². The lowest BCUT2D eigenvalue weighted by atomic mass is 10.1. The van der Waals surface area contributed by atoms with E-state index in [4.69, 9.17) is 34.5 Å². The van der Waals surface area contributed by atoms with Crippen LogP contribution in [0, 0.1) is 0 Å². The van der Waals surface area contributed by atoms with Crippen molar-refractivity contribution in [1.82, 2.24) is 24.1 Å². The van der Waals surface area contributed by atoms with Gasteiger partial charge in [0.05, 0.1) is 22.1 Å². The molecule has 0 fully saturated rings. The average Bonchev–Trinajstić information content (AvgIpc) is 3.58. The van der Waals surface area contributed by atoms with Crippen LogP contribution in [0.25, 0.3) is 45.1 Å². The standard InChI is InChI=1S/C33H43N5O6P2/c39-45(40,41)24-13-5-1-3-11-22-37-30-20-9-7-16-26(30)35-32(37)28-18-15-19-29(34-28)33-36-27-17-8-10-21-31(27)38(33)23-12-4-2-6-14-25-46(42,43)44/h7-10,15-21H,1-6,11-14,22-25H2,(H2,39,40,41)(H2,42,43,44). The lowest BCUT2D eigenvalue weighted by molar-refractivity contribution is 0.368. The van der Waals surface area contributed by atoms with E-state index < -0.39 is 15.2 Å². The molecule has 3 heterocycles. The number of fused-ring (bicyclic) bond motifs is 2. The van der Waals surface area contributed by atoms with Crippen LogP contribution in [0.15, 0.2) is 66.7 Å². The van der Waals surface area contributed by atoms with Crippen LogP contribution in [0.1, 0.15) is 64.2 Å². The Labute approximate surface area is 269 Å². The van der Waals surface area contributed by atoms with Crippen molar-refractivity contribution in [3.05, 3.63) is 66.7 Å². The highest BCUT2D eigenvalue weighted by Gasteiger charge is 2.18. The van der Waals surface area contributed by atoms with Crippen LogP contribution in [0.5, 0.6) is 0 Å². The van der Waals surface area contributed by atoms with Crippen molar-refractivity contribution in [3.63, 3.8) is 0 Å². The molecule has 5 aromatic rings. The molecule has 0 aliphatic carbocycles. The summed E-state index contributed by atoms with van der Waals surface area (Å²) in [5, 5.41) is 0. The van der Waals surface area contributed by atoms with Gasteiger partial charge >= 0.3 is 15.2 Å². The quantitative estimate of drug-likeness (QED) is 0.0552. The van der Waals surface area contributed by atoms with Crippen molar-refractivity contribution in [2.24, 2.45) is 0 Å². The Kier molecular flexibility index (Phi) is 11.6. The van der Waals surface area contributed by atoms with Gasteiger partial charge in [-0.05, 0) is 62.1 Å². The topological polar surface area (TPSA) is 164 Å². The Morgan fingerprint density at radius 2 is 0.870 bits per heavy atom. The lowest BCUT2D eigenvalue weighted by Gasteiger charge is -2.12. The number of aromatic nitrogens is 5. The van der Waals surface area contributed by atoms with E-state index in [1.54, 1.807) is 0 Å². The van der Waals surface area contributed by atoms with Crippen molar-refractivity contribution in [1.29, 1.82) is 0 Å². The first-order chi connectivity index (χ1) is 22.1. The van der Waals surface area contributed by atoms with Crippen LogP contribution < -0.4 is 0 Å². The molecule has 0 radical (unpaired) electrons. The number of rotatable bonds is 18. The number of hydrogen-bond donors (Lipinski definition) is 4. The molecule has 46 heavy (non-hydrogen) atoms. The summed E-state index contributed by atoms with van der Waals surface area (Å²) in [4.78, 5) is 51.4. The van der Waals surface area contributed by atoms with Gasteiger partial charge in [0.25, 0.3) is 0 Å². The fraction of sp³-hybridized carbons (Fsp3) is 0.424. The summed E-state index contributed by atoms with van der Waals surface area (Å²) in [7, 11) is -7.86. The fourth-order valence-electron chi connectivity index (χ4n) is 5.91. The van der Waals surface area contributed by atoms with Crippen molar-refractivity contribution in [3.8, 4) is 23.0 Å². The van der Waals surface area contributed by atoms with Gasteiger partial charge in [-0.2, -0.15) is 0 Å². The van der Waals surface area contributed by atoms with Gasteiger partial charge in [-0.1, -0.05) is 68.9 Å². The summed E-state index contributed by atoms with van der Waals surface area (Å²) in [6.07, 6.45) is 8.11. The summed E-state index contributed by atoms with van der Waals surface area (Å²) in [6.45, 7) is 1.51. The Hall–Kier alpha value is -3.17. The van der Waals surface area contributed by atoms with Crippen molar-refractivity contribution in [2.75, 3.05) is 12.3 Å². The predicted molar refractivity (Wildman–Crippen MR) is 182 cm³/mol. The minimum Gasteiger partial charge on any atom is -0.324 e. The molecule has 0 spiro atoms. The first kappa shape index (κ1) is 34.2. The van der Waals surface area contributed by atoms with E-state index in [9.17, 15) is 9.13 Å². The molecule has 0 aliphatic heterocycles. The van der Waals surface area contributed by atoms with Crippen molar-refractivity contribution < 1.29 is 28.7 Å². The van der Waals surface area contributed by atoms with Crippen LogP contribution >= 0.6 is 15.2 Å². The summed E-state index contributed by atoms with van der Waals surface area (Å²) in [6, 6.07) is 22.1. The van der Waals surface area contributed by atoms with Gasteiger partial charge in [-0.15, -0.1) is 0 Å². The molecular weight excluding hydrogens is 624 g/mol. The molecule has 0 atom stereocenters. The summed E-state index contributed by atoms with van der Waals surface area (Å²) in [5.74, 6) is 1.59. The van der Waals surface area contributed by atoms with E-state index in [-0.39, 0.29) is 12.3 Å². The van der Waals surface area contributed by atoms with E-state index in [0.29, 0.717) is 12.8 Å². The average molecular weight is 668 g/mol. The molecular formula is C33H43N5O6P2. The highest BCUT2D eigenvalue weighted by atomic mass is 31.2. The van der Waals surface area contributed by atoms with E-state index in [1.807, 2.05) is 54.6 Å². The molecule has 0 amide bonds. The van der Waals surface area contributed by atoms with Crippen LogP contribution in [-0.2, 0) is 22.2 Å². The van der Waals surface area contributed by atoms with Gasteiger partial charge in [0, 0.05) is 25.4 Å². The third-order valence-electron chi connectivity index (χ3n) is 8.18. The van der Waals surface area contributed by atoms with E-state index in [1.165, 1.54) is 0 Å². The van der Waals surface area contributed by atoms with Crippen LogP contribution in [-0.4, -0.2) is 56.0 Å². The van der Waals surface area contributed by atoms with Gasteiger partial charge in [0.1, 0.15) is 11.4 Å². The third-order valence-corrected chi connectivity index (χ3v) is 9.98. The zero-order chi connectivity index (χ0) is 32.6. The van der Waals surface area contributed by atoms with Gasteiger partial charge in [-0.25, -0.2) is 15.0 Å². The number of benzene rings is 2. The monoisotopic (exact) mass is 667 g/mol. The SMILES string of the molecule is O=P(O)(O)CCCCCCCn1c(-c2cccc(-c3nc4ccccc4n3CCCCCCCP(=O)(O)O)n2)nc2ccccc21. The second-order valence-corrected chi connectivity index (χ2v) is 15.4. The molecule has 5 rings (SSSR count). The molecule has 11 nitrogen and oxygen atoms in total. The Morgan fingerprint density at radius 3 is 1.30 bits per heavy atom. The molecule has 3 aromatic heterocycles.